The number of primary amides is 1. The largest absolute Gasteiger partial charge is 0.366 e. The van der Waals surface area contributed by atoms with Crippen LogP contribution < -0.4 is 11.1 Å². The summed E-state index contributed by atoms with van der Waals surface area (Å²) >= 11 is -0.848. The Hall–Kier alpha value is -2.90. The second-order valence-corrected chi connectivity index (χ2v) is 8.36. The zero-order valence-corrected chi connectivity index (χ0v) is 16.8. The van der Waals surface area contributed by atoms with Crippen LogP contribution in [0.5, 0.6) is 0 Å². The van der Waals surface area contributed by atoms with Crippen LogP contribution in [0.25, 0.3) is 11.1 Å². The van der Waals surface area contributed by atoms with Crippen LogP contribution >= 0.6 is 0 Å². The molecule has 0 saturated heterocycles. The van der Waals surface area contributed by atoms with Gasteiger partial charge in [0.15, 0.2) is 16.1 Å². The van der Waals surface area contributed by atoms with Gasteiger partial charge in [-0.3, -0.25) is 4.79 Å². The molecule has 1 unspecified atom stereocenters. The lowest BCUT2D eigenvalue weighted by Crippen LogP contribution is -2.30. The Kier molecular flexibility index (Phi) is 5.67. The van der Waals surface area contributed by atoms with Crippen molar-refractivity contribution in [2.75, 3.05) is 11.6 Å². The Labute approximate surface area is 167 Å². The maximum absolute atomic E-state index is 11.4. The summed E-state index contributed by atoms with van der Waals surface area (Å²) in [5, 5.41) is 3.34. The minimum Gasteiger partial charge on any atom is -0.366 e. The zero-order valence-electron chi connectivity index (χ0n) is 16.0. The quantitative estimate of drug-likeness (QED) is 0.553. The highest BCUT2D eigenvalue weighted by Crippen LogP contribution is 2.30. The lowest BCUT2D eigenvalue weighted by molar-refractivity contribution is 0.100. The molecule has 0 radical (unpaired) electrons. The minimum absolute atomic E-state index is 0.441. The van der Waals surface area contributed by atoms with Crippen molar-refractivity contribution in [2.45, 2.75) is 24.3 Å². The van der Waals surface area contributed by atoms with Gasteiger partial charge in [-0.05, 0) is 37.6 Å². The normalized spacial score (nSPS) is 12.4. The summed E-state index contributed by atoms with van der Waals surface area (Å²) in [5.74, 6) is 0.00354. The Bertz CT molecular complexity index is 988. The molecule has 1 heterocycles. The van der Waals surface area contributed by atoms with Crippen molar-refractivity contribution in [3.8, 4) is 11.1 Å². The van der Waals surface area contributed by atoms with E-state index >= 15 is 0 Å². The van der Waals surface area contributed by atoms with Crippen LogP contribution in [0, 0.1) is 0 Å². The maximum Gasteiger partial charge on any atom is 0.248 e. The first-order chi connectivity index (χ1) is 13.3. The Morgan fingerprint density at radius 2 is 1.75 bits per heavy atom. The molecule has 6 nitrogen and oxygen atoms in total. The molecule has 0 bridgehead atoms. The molecule has 2 aromatic carbocycles. The molecule has 28 heavy (non-hydrogen) atoms. The lowest BCUT2D eigenvalue weighted by Gasteiger charge is -2.27. The van der Waals surface area contributed by atoms with Gasteiger partial charge in [0, 0.05) is 29.1 Å². The monoisotopic (exact) mass is 395 g/mol. The van der Waals surface area contributed by atoms with E-state index in [0.717, 1.165) is 21.6 Å². The molecular weight excluding hydrogens is 372 g/mol. The average Bonchev–Trinajstić information content (AvgIpc) is 2.68. The van der Waals surface area contributed by atoms with Crippen molar-refractivity contribution in [1.29, 1.82) is 0 Å². The molecule has 0 aliphatic heterocycles. The molecule has 0 fully saturated rings. The van der Waals surface area contributed by atoms with Crippen LogP contribution in [-0.4, -0.2) is 26.7 Å². The highest BCUT2D eigenvalue weighted by atomic mass is 32.2. The third-order valence-electron chi connectivity index (χ3n) is 4.44. The number of hydrogen-bond acceptors (Lipinski definition) is 5. The number of aromatic nitrogens is 2. The SMILES string of the molecule is C[S+](O)c1ccccc1C(C)(C)Nc1ncc(-c2cccc(C(N)=O)c2)cn1. The highest BCUT2D eigenvalue weighted by molar-refractivity contribution is 7.90. The summed E-state index contributed by atoms with van der Waals surface area (Å²) in [6.45, 7) is 4.04. The molecule has 3 rings (SSSR count). The third-order valence-corrected chi connectivity index (χ3v) is 5.43. The third kappa shape index (κ3) is 4.32. The molecule has 1 aromatic heterocycles. The number of rotatable bonds is 6. The first-order valence-electron chi connectivity index (χ1n) is 8.73. The van der Waals surface area contributed by atoms with E-state index in [1.165, 1.54) is 0 Å². The summed E-state index contributed by atoms with van der Waals surface area (Å²) in [5.41, 5.74) is 7.91. The smallest absolute Gasteiger partial charge is 0.248 e. The first-order valence-corrected chi connectivity index (χ1v) is 10.3. The highest BCUT2D eigenvalue weighted by Gasteiger charge is 2.30. The van der Waals surface area contributed by atoms with E-state index in [1.807, 2.05) is 44.2 Å². The van der Waals surface area contributed by atoms with E-state index in [1.54, 1.807) is 36.8 Å². The van der Waals surface area contributed by atoms with Crippen molar-refractivity contribution < 1.29 is 9.35 Å². The van der Waals surface area contributed by atoms with Gasteiger partial charge in [-0.15, -0.1) is 0 Å². The van der Waals surface area contributed by atoms with Crippen molar-refractivity contribution >= 4 is 23.0 Å². The van der Waals surface area contributed by atoms with Gasteiger partial charge < -0.3 is 11.1 Å². The maximum atomic E-state index is 11.4. The fourth-order valence-corrected chi connectivity index (χ4v) is 3.90. The van der Waals surface area contributed by atoms with Crippen molar-refractivity contribution in [3.63, 3.8) is 0 Å². The summed E-state index contributed by atoms with van der Waals surface area (Å²) < 4.78 is 10.1. The first kappa shape index (κ1) is 19.9. The molecule has 0 spiro atoms. The van der Waals surface area contributed by atoms with Crippen LogP contribution in [0.3, 0.4) is 0 Å². The van der Waals surface area contributed by atoms with Gasteiger partial charge in [-0.1, -0.05) is 30.3 Å². The lowest BCUT2D eigenvalue weighted by atomic mass is 9.94. The molecule has 1 atom stereocenters. The van der Waals surface area contributed by atoms with Crippen LogP contribution in [0.15, 0.2) is 65.8 Å². The van der Waals surface area contributed by atoms with E-state index in [2.05, 4.69) is 15.3 Å². The van der Waals surface area contributed by atoms with Crippen molar-refractivity contribution in [1.82, 2.24) is 9.97 Å². The standard InChI is InChI=1S/C21H22N4O2S/c1-21(2,17-9-4-5-10-18(17)28(3)27)25-20-23-12-16(13-24-20)14-7-6-8-15(11-14)19(22)26/h4-13,27H,1-3H3,(H2-,22,23,24,25,26)/p+1. The van der Waals surface area contributed by atoms with Gasteiger partial charge >= 0.3 is 0 Å². The predicted octanol–water partition coefficient (Wildman–Crippen LogP) is 3.67. The number of hydrogen-bond donors (Lipinski definition) is 3. The van der Waals surface area contributed by atoms with Crippen LogP contribution in [0.2, 0.25) is 0 Å². The molecule has 0 saturated carbocycles. The summed E-state index contributed by atoms with van der Waals surface area (Å²) in [6.07, 6.45) is 5.18. The Morgan fingerprint density at radius 1 is 1.07 bits per heavy atom. The fraction of sp³-hybridized carbons (Fsp3) is 0.190. The number of nitrogens with two attached hydrogens (primary N) is 1. The summed E-state index contributed by atoms with van der Waals surface area (Å²) in [6, 6.07) is 14.8. The molecule has 1 amide bonds. The number of nitrogens with zero attached hydrogens (tertiary/aromatic N) is 2. The number of carbonyl (C=O) groups is 1. The number of benzene rings is 2. The van der Waals surface area contributed by atoms with Crippen LogP contribution in [0.4, 0.5) is 5.95 Å². The van der Waals surface area contributed by atoms with Crippen LogP contribution in [0.1, 0.15) is 29.8 Å². The molecule has 144 valence electrons. The number of anilines is 1. The van der Waals surface area contributed by atoms with Crippen molar-refractivity contribution in [2.24, 2.45) is 5.73 Å². The Morgan fingerprint density at radius 3 is 2.39 bits per heavy atom. The summed E-state index contributed by atoms with van der Waals surface area (Å²) in [7, 11) is 0. The van der Waals surface area contributed by atoms with E-state index in [9.17, 15) is 9.35 Å². The van der Waals surface area contributed by atoms with E-state index in [0.29, 0.717) is 11.5 Å². The molecule has 3 aromatic rings. The fourth-order valence-electron chi connectivity index (χ4n) is 2.98. The number of amides is 1. The minimum atomic E-state index is -0.848. The Balaban J connectivity index is 1.85. The van der Waals surface area contributed by atoms with E-state index < -0.39 is 22.6 Å². The average molecular weight is 396 g/mol. The van der Waals surface area contributed by atoms with E-state index in [-0.39, 0.29) is 0 Å². The second-order valence-electron chi connectivity index (χ2n) is 6.96. The molecule has 7 heteroatoms. The topological polar surface area (TPSA) is 101 Å². The molecule has 0 aliphatic rings. The molecule has 0 aliphatic carbocycles. The van der Waals surface area contributed by atoms with Crippen LogP contribution in [-0.2, 0) is 16.7 Å². The van der Waals surface area contributed by atoms with Gasteiger partial charge in [0.1, 0.15) is 6.26 Å². The molecule has 4 N–H and O–H groups in total. The van der Waals surface area contributed by atoms with Gasteiger partial charge in [-0.25, -0.2) is 9.97 Å². The predicted molar refractivity (Wildman–Crippen MR) is 113 cm³/mol. The molecular formula is C21H23N4O2S+. The van der Waals surface area contributed by atoms with Crippen molar-refractivity contribution in [3.05, 3.63) is 72.1 Å². The summed E-state index contributed by atoms with van der Waals surface area (Å²) in [4.78, 5) is 21.1. The van der Waals surface area contributed by atoms with Gasteiger partial charge in [-0.2, -0.15) is 4.55 Å². The second kappa shape index (κ2) is 8.00. The van der Waals surface area contributed by atoms with Gasteiger partial charge in [0.2, 0.25) is 11.9 Å². The van der Waals surface area contributed by atoms with Gasteiger partial charge in [0.25, 0.3) is 0 Å². The van der Waals surface area contributed by atoms with Gasteiger partial charge in [0.05, 0.1) is 5.54 Å². The number of carbonyl (C=O) groups excluding carboxylic acids is 1. The zero-order chi connectivity index (χ0) is 20.3. The number of nitrogens with one attached hydrogen (secondary N) is 1. The van der Waals surface area contributed by atoms with E-state index in [4.69, 9.17) is 5.73 Å².